The molecule has 1 aromatic carbocycles. The van der Waals surface area contributed by atoms with Crippen LogP contribution in [0.5, 0.6) is 0 Å². The summed E-state index contributed by atoms with van der Waals surface area (Å²) in [6, 6.07) is 12.2. The van der Waals surface area contributed by atoms with Crippen LogP contribution in [0.15, 0.2) is 41.0 Å². The van der Waals surface area contributed by atoms with E-state index in [-0.39, 0.29) is 11.3 Å². The van der Waals surface area contributed by atoms with Crippen LogP contribution < -0.4 is 0 Å². The van der Waals surface area contributed by atoms with Crippen molar-refractivity contribution in [2.45, 2.75) is 39.0 Å². The first-order chi connectivity index (χ1) is 13.2. The van der Waals surface area contributed by atoms with Crippen LogP contribution in [0.25, 0.3) is 0 Å². The van der Waals surface area contributed by atoms with Gasteiger partial charge in [-0.3, -0.25) is 4.98 Å². The first-order valence-corrected chi connectivity index (χ1v) is 10.1. The Labute approximate surface area is 174 Å². The van der Waals surface area contributed by atoms with Gasteiger partial charge in [0.25, 0.3) is 0 Å². The van der Waals surface area contributed by atoms with Crippen molar-refractivity contribution in [1.82, 2.24) is 9.88 Å². The van der Waals surface area contributed by atoms with Gasteiger partial charge in [0.2, 0.25) is 0 Å². The van der Waals surface area contributed by atoms with Gasteiger partial charge in [0.1, 0.15) is 5.92 Å². The Morgan fingerprint density at radius 1 is 1.36 bits per heavy atom. The Hall–Kier alpha value is -2.39. The minimum atomic E-state index is -0.878. The molecule has 146 valence electrons. The molecule has 2 aromatic rings. The molecule has 0 spiro atoms. The number of pyridine rings is 1. The van der Waals surface area contributed by atoms with E-state index in [9.17, 15) is 15.2 Å². The van der Waals surface area contributed by atoms with Gasteiger partial charge >= 0.3 is 6.09 Å². The number of rotatable bonds is 2. The first-order valence-electron chi connectivity index (χ1n) is 9.32. The third-order valence-corrected chi connectivity index (χ3v) is 5.89. The molecule has 2 heterocycles. The molecule has 2 unspecified atom stereocenters. The Kier molecular flexibility index (Phi) is 5.76. The summed E-state index contributed by atoms with van der Waals surface area (Å²) >= 11 is 3.38. The summed E-state index contributed by atoms with van der Waals surface area (Å²) in [5.74, 6) is -0.355. The smallest absolute Gasteiger partial charge is 0.407 e. The number of halogens is 1. The second kappa shape index (κ2) is 7.92. The number of carbonyl (C=O) groups is 1. The van der Waals surface area contributed by atoms with Crippen molar-refractivity contribution in [2.24, 2.45) is 5.41 Å². The third-order valence-electron chi connectivity index (χ3n) is 5.42. The predicted octanol–water partition coefficient (Wildman–Crippen LogP) is 5.17. The van der Waals surface area contributed by atoms with Gasteiger partial charge in [0.05, 0.1) is 11.8 Å². The SMILES string of the molecule is CC(C)(C)C1CN(C(=O)O)CCc2cc(C(C#N)c3ccc(Br)cn3)ccc21. The molecule has 0 saturated carbocycles. The number of nitrogens with zero attached hydrogens (tertiary/aromatic N) is 3. The fraction of sp³-hybridized carbons (Fsp3) is 0.409. The quantitative estimate of drug-likeness (QED) is 0.697. The zero-order chi connectivity index (χ0) is 20.5. The van der Waals surface area contributed by atoms with Crippen LogP contribution >= 0.6 is 15.9 Å². The highest BCUT2D eigenvalue weighted by molar-refractivity contribution is 9.10. The minimum absolute atomic E-state index is 0.0732. The molecule has 5 nitrogen and oxygen atoms in total. The predicted molar refractivity (Wildman–Crippen MR) is 111 cm³/mol. The molecule has 0 radical (unpaired) electrons. The van der Waals surface area contributed by atoms with Gasteiger partial charge in [-0.25, -0.2) is 4.79 Å². The van der Waals surface area contributed by atoms with Gasteiger partial charge in [-0.2, -0.15) is 5.26 Å². The maximum absolute atomic E-state index is 11.6. The Balaban J connectivity index is 2.03. The molecular formula is C22H24BrN3O2. The zero-order valence-electron chi connectivity index (χ0n) is 16.3. The summed E-state index contributed by atoms with van der Waals surface area (Å²) < 4.78 is 0.872. The lowest BCUT2D eigenvalue weighted by molar-refractivity contribution is 0.135. The highest BCUT2D eigenvalue weighted by Gasteiger charge is 2.34. The largest absolute Gasteiger partial charge is 0.465 e. The zero-order valence-corrected chi connectivity index (χ0v) is 17.9. The second-order valence-corrected chi connectivity index (χ2v) is 9.23. The molecule has 0 aliphatic carbocycles. The average Bonchev–Trinajstić information content (AvgIpc) is 2.83. The summed E-state index contributed by atoms with van der Waals surface area (Å²) in [5, 5.41) is 19.3. The number of fused-ring (bicyclic) bond motifs is 1. The van der Waals surface area contributed by atoms with Crippen molar-refractivity contribution < 1.29 is 9.90 Å². The lowest BCUT2D eigenvalue weighted by atomic mass is 9.74. The Bertz CT molecular complexity index is 913. The lowest BCUT2D eigenvalue weighted by Gasteiger charge is -2.33. The highest BCUT2D eigenvalue weighted by Crippen LogP contribution is 2.40. The molecule has 3 rings (SSSR count). The molecule has 1 N–H and O–H groups in total. The normalized spacial score (nSPS) is 18.0. The number of benzene rings is 1. The summed E-state index contributed by atoms with van der Waals surface area (Å²) in [7, 11) is 0. The molecule has 1 aliphatic rings. The highest BCUT2D eigenvalue weighted by atomic mass is 79.9. The Morgan fingerprint density at radius 3 is 2.68 bits per heavy atom. The van der Waals surface area contributed by atoms with Crippen molar-refractivity contribution >= 4 is 22.0 Å². The molecular weight excluding hydrogens is 418 g/mol. The van der Waals surface area contributed by atoms with Crippen molar-refractivity contribution in [3.05, 3.63) is 63.4 Å². The fourth-order valence-electron chi connectivity index (χ4n) is 3.81. The van der Waals surface area contributed by atoms with E-state index in [0.29, 0.717) is 25.2 Å². The monoisotopic (exact) mass is 441 g/mol. The summed E-state index contributed by atoms with van der Waals surface area (Å²) in [4.78, 5) is 17.5. The summed E-state index contributed by atoms with van der Waals surface area (Å²) in [6.45, 7) is 7.38. The minimum Gasteiger partial charge on any atom is -0.465 e. The summed E-state index contributed by atoms with van der Waals surface area (Å²) in [6.07, 6.45) is 1.47. The third kappa shape index (κ3) is 4.20. The van der Waals surface area contributed by atoms with Gasteiger partial charge < -0.3 is 10.0 Å². The van der Waals surface area contributed by atoms with E-state index in [1.54, 1.807) is 6.20 Å². The van der Waals surface area contributed by atoms with Gasteiger partial charge in [-0.05, 0) is 56.6 Å². The number of carboxylic acid groups (broad SMARTS) is 1. The van der Waals surface area contributed by atoms with Gasteiger partial charge in [0, 0.05) is 29.7 Å². The molecule has 0 fully saturated rings. The van der Waals surface area contributed by atoms with E-state index < -0.39 is 12.0 Å². The maximum atomic E-state index is 11.6. The summed E-state index contributed by atoms with van der Waals surface area (Å²) in [5.41, 5.74) is 3.83. The second-order valence-electron chi connectivity index (χ2n) is 8.32. The van der Waals surface area contributed by atoms with E-state index in [0.717, 1.165) is 15.6 Å². The molecule has 1 aliphatic heterocycles. The molecule has 2 atom stereocenters. The van der Waals surface area contributed by atoms with E-state index in [1.807, 2.05) is 18.2 Å². The molecule has 0 bridgehead atoms. The number of aromatic nitrogens is 1. The van der Waals surface area contributed by atoms with Gasteiger partial charge in [-0.15, -0.1) is 0 Å². The maximum Gasteiger partial charge on any atom is 0.407 e. The van der Waals surface area contributed by atoms with Crippen molar-refractivity contribution in [3.63, 3.8) is 0 Å². The molecule has 1 amide bonds. The Morgan fingerprint density at radius 2 is 2.11 bits per heavy atom. The van der Waals surface area contributed by atoms with Crippen LogP contribution in [-0.4, -0.2) is 34.2 Å². The first kappa shape index (κ1) is 20.3. The molecule has 6 heteroatoms. The lowest BCUT2D eigenvalue weighted by Crippen LogP contribution is -2.36. The van der Waals surface area contributed by atoms with Crippen LogP contribution in [0.1, 0.15) is 55.0 Å². The van der Waals surface area contributed by atoms with Crippen LogP contribution in [0.4, 0.5) is 4.79 Å². The standard InChI is InChI=1S/C22H24BrN3O2/c1-22(2,3)19-13-26(21(27)28)9-8-15-10-14(4-6-17(15)19)18(11-24)20-7-5-16(23)12-25-20/h4-7,10,12,18-19H,8-9,13H2,1-3H3,(H,27,28). The average molecular weight is 442 g/mol. The van der Waals surface area contributed by atoms with Crippen molar-refractivity contribution in [2.75, 3.05) is 13.1 Å². The van der Waals surface area contributed by atoms with E-state index in [2.05, 4.69) is 59.9 Å². The van der Waals surface area contributed by atoms with Crippen LogP contribution in [0.2, 0.25) is 0 Å². The number of hydrogen-bond donors (Lipinski definition) is 1. The molecule has 1 aromatic heterocycles. The van der Waals surface area contributed by atoms with E-state index in [4.69, 9.17) is 0 Å². The fourth-order valence-corrected chi connectivity index (χ4v) is 4.05. The van der Waals surface area contributed by atoms with Gasteiger partial charge in [0.15, 0.2) is 0 Å². The number of nitriles is 1. The molecule has 28 heavy (non-hydrogen) atoms. The van der Waals surface area contributed by atoms with E-state index in [1.165, 1.54) is 10.5 Å². The van der Waals surface area contributed by atoms with Crippen molar-refractivity contribution in [1.29, 1.82) is 5.26 Å². The van der Waals surface area contributed by atoms with Crippen LogP contribution in [0, 0.1) is 16.7 Å². The van der Waals surface area contributed by atoms with E-state index >= 15 is 0 Å². The topological polar surface area (TPSA) is 77.2 Å². The van der Waals surface area contributed by atoms with Crippen LogP contribution in [0.3, 0.4) is 0 Å². The van der Waals surface area contributed by atoms with Crippen molar-refractivity contribution in [3.8, 4) is 6.07 Å². The van der Waals surface area contributed by atoms with Crippen LogP contribution in [-0.2, 0) is 6.42 Å². The van der Waals surface area contributed by atoms with Gasteiger partial charge in [-0.1, -0.05) is 39.0 Å². The molecule has 0 saturated heterocycles. The number of hydrogen-bond acceptors (Lipinski definition) is 3. The number of amides is 1.